The van der Waals surface area contributed by atoms with Crippen molar-refractivity contribution in [3.05, 3.63) is 0 Å². The predicted molar refractivity (Wildman–Crippen MR) is 66.3 cm³/mol. The van der Waals surface area contributed by atoms with Gasteiger partial charge in [-0.15, -0.1) is 0 Å². The Morgan fingerprint density at radius 2 is 1.26 bits per heavy atom. The minimum absolute atomic E-state index is 0.0776. The highest BCUT2D eigenvalue weighted by atomic mass is 16.6. The molecule has 0 N–H and O–H groups in total. The second kappa shape index (κ2) is 6.68. The van der Waals surface area contributed by atoms with Gasteiger partial charge in [0.2, 0.25) is 0 Å². The normalized spacial score (nSPS) is 20.4. The Labute approximate surface area is 112 Å². The van der Waals surface area contributed by atoms with E-state index in [0.717, 1.165) is 51.4 Å². The van der Waals surface area contributed by atoms with Crippen molar-refractivity contribution in [2.45, 2.75) is 70.0 Å². The molecular formula is C14H20O5. The van der Waals surface area contributed by atoms with Crippen LogP contribution in [0.15, 0.2) is 0 Å². The molecule has 2 fully saturated rings. The highest BCUT2D eigenvalue weighted by molar-refractivity contribution is 6.36. The molecule has 0 heterocycles. The lowest BCUT2D eigenvalue weighted by molar-refractivity contribution is -0.162. The van der Waals surface area contributed by atoms with Crippen LogP contribution in [-0.4, -0.2) is 29.9 Å². The second-order valence-corrected chi connectivity index (χ2v) is 5.31. The van der Waals surface area contributed by atoms with Gasteiger partial charge in [-0.25, -0.2) is 4.79 Å². The lowest BCUT2D eigenvalue weighted by Crippen LogP contribution is -2.26. The molecule has 2 aliphatic rings. The molecule has 2 aliphatic carbocycles. The van der Waals surface area contributed by atoms with E-state index < -0.39 is 24.1 Å². The fourth-order valence-corrected chi connectivity index (χ4v) is 2.66. The van der Waals surface area contributed by atoms with Crippen molar-refractivity contribution >= 4 is 17.7 Å². The summed E-state index contributed by atoms with van der Waals surface area (Å²) in [6.45, 7) is 0. The van der Waals surface area contributed by atoms with Gasteiger partial charge in [-0.2, -0.15) is 0 Å². The van der Waals surface area contributed by atoms with Gasteiger partial charge in [0.1, 0.15) is 18.6 Å². The highest BCUT2D eigenvalue weighted by Gasteiger charge is 2.27. The van der Waals surface area contributed by atoms with E-state index in [1.165, 1.54) is 0 Å². The molecule has 0 aromatic rings. The number of carbonyl (C=O) groups is 3. The van der Waals surface area contributed by atoms with Gasteiger partial charge in [0, 0.05) is 0 Å². The van der Waals surface area contributed by atoms with Crippen LogP contribution in [0, 0.1) is 0 Å². The lowest BCUT2D eigenvalue weighted by Gasteiger charge is -2.12. The van der Waals surface area contributed by atoms with Crippen LogP contribution in [0.4, 0.5) is 0 Å². The summed E-state index contributed by atoms with van der Waals surface area (Å²) >= 11 is 0. The first-order valence-corrected chi connectivity index (χ1v) is 7.08. The van der Waals surface area contributed by atoms with Crippen molar-refractivity contribution in [1.82, 2.24) is 0 Å². The molecule has 19 heavy (non-hydrogen) atoms. The number of ketones is 1. The van der Waals surface area contributed by atoms with E-state index in [0.29, 0.717) is 0 Å². The highest BCUT2D eigenvalue weighted by Crippen LogP contribution is 2.22. The summed E-state index contributed by atoms with van der Waals surface area (Å²) in [5.74, 6) is -2.30. The van der Waals surface area contributed by atoms with Crippen LogP contribution >= 0.6 is 0 Å². The Bertz CT molecular complexity index is 351. The van der Waals surface area contributed by atoms with E-state index in [1.54, 1.807) is 0 Å². The zero-order valence-corrected chi connectivity index (χ0v) is 11.1. The van der Waals surface area contributed by atoms with Gasteiger partial charge in [0.25, 0.3) is 5.78 Å². The van der Waals surface area contributed by atoms with E-state index in [2.05, 4.69) is 0 Å². The SMILES string of the molecule is O=C(CC(=O)C(=O)OC1CCCC1)OC1CCCC1. The molecule has 0 aromatic heterocycles. The van der Waals surface area contributed by atoms with Crippen LogP contribution in [0.3, 0.4) is 0 Å². The van der Waals surface area contributed by atoms with Crippen molar-refractivity contribution in [2.24, 2.45) is 0 Å². The van der Waals surface area contributed by atoms with Gasteiger partial charge in [-0.3, -0.25) is 9.59 Å². The summed E-state index contributed by atoms with van der Waals surface area (Å²) in [5, 5.41) is 0. The minimum atomic E-state index is -0.893. The third-order valence-electron chi connectivity index (χ3n) is 3.71. The smallest absolute Gasteiger partial charge is 0.375 e. The van der Waals surface area contributed by atoms with Crippen LogP contribution < -0.4 is 0 Å². The molecule has 2 rings (SSSR count). The predicted octanol–water partition coefficient (Wildman–Crippen LogP) is 1.92. The van der Waals surface area contributed by atoms with Crippen molar-refractivity contribution in [2.75, 3.05) is 0 Å². The van der Waals surface area contributed by atoms with E-state index in [4.69, 9.17) is 9.47 Å². The van der Waals surface area contributed by atoms with E-state index in [-0.39, 0.29) is 12.2 Å². The standard InChI is InChI=1S/C14H20O5/c15-12(14(17)19-11-7-3-4-8-11)9-13(16)18-10-5-1-2-6-10/h10-11H,1-9H2. The van der Waals surface area contributed by atoms with Gasteiger partial charge in [-0.1, -0.05) is 0 Å². The van der Waals surface area contributed by atoms with Crippen LogP contribution in [0.5, 0.6) is 0 Å². The Kier molecular flexibility index (Phi) is 4.93. The maximum Gasteiger partial charge on any atom is 0.375 e. The zero-order chi connectivity index (χ0) is 13.7. The Hall–Kier alpha value is -1.39. The zero-order valence-electron chi connectivity index (χ0n) is 11.1. The molecule has 0 aromatic carbocycles. The van der Waals surface area contributed by atoms with E-state index in [9.17, 15) is 14.4 Å². The molecule has 5 heteroatoms. The minimum Gasteiger partial charge on any atom is -0.462 e. The third-order valence-corrected chi connectivity index (χ3v) is 3.71. The molecule has 106 valence electrons. The molecule has 5 nitrogen and oxygen atoms in total. The average molecular weight is 268 g/mol. The van der Waals surface area contributed by atoms with E-state index >= 15 is 0 Å². The number of esters is 2. The first-order valence-electron chi connectivity index (χ1n) is 7.08. The second-order valence-electron chi connectivity index (χ2n) is 5.31. The Morgan fingerprint density at radius 3 is 1.79 bits per heavy atom. The first kappa shape index (κ1) is 14.0. The number of Topliss-reactive ketones (excluding diaryl/α,β-unsaturated/α-hetero) is 1. The van der Waals surface area contributed by atoms with Crippen molar-refractivity contribution in [1.29, 1.82) is 0 Å². The number of hydrogen-bond acceptors (Lipinski definition) is 5. The maximum absolute atomic E-state index is 11.5. The van der Waals surface area contributed by atoms with Crippen molar-refractivity contribution < 1.29 is 23.9 Å². The fourth-order valence-electron chi connectivity index (χ4n) is 2.66. The monoisotopic (exact) mass is 268 g/mol. The summed E-state index contributed by atoms with van der Waals surface area (Å²) in [7, 11) is 0. The Morgan fingerprint density at radius 1 is 0.789 bits per heavy atom. The molecule has 2 saturated carbocycles. The summed E-state index contributed by atoms with van der Waals surface area (Å²) < 4.78 is 10.2. The first-order chi connectivity index (χ1) is 9.15. The molecular weight excluding hydrogens is 248 g/mol. The number of rotatable bonds is 5. The molecule has 0 saturated heterocycles. The maximum atomic E-state index is 11.5. The third kappa shape index (κ3) is 4.33. The fraction of sp³-hybridized carbons (Fsp3) is 0.786. The number of ether oxygens (including phenoxy) is 2. The van der Waals surface area contributed by atoms with Crippen LogP contribution in [0.2, 0.25) is 0 Å². The quantitative estimate of drug-likeness (QED) is 0.433. The molecule has 0 amide bonds. The van der Waals surface area contributed by atoms with Gasteiger partial charge in [0.05, 0.1) is 0 Å². The topological polar surface area (TPSA) is 69.7 Å². The summed E-state index contributed by atoms with van der Waals surface area (Å²) in [6.07, 6.45) is 6.75. The molecule has 0 bridgehead atoms. The molecule has 0 unspecified atom stereocenters. The largest absolute Gasteiger partial charge is 0.462 e. The van der Waals surface area contributed by atoms with Crippen LogP contribution in [-0.2, 0) is 23.9 Å². The summed E-state index contributed by atoms with van der Waals surface area (Å²) in [5.41, 5.74) is 0. The van der Waals surface area contributed by atoms with Crippen molar-refractivity contribution in [3.63, 3.8) is 0 Å². The Balaban J connectivity index is 1.69. The summed E-state index contributed by atoms with van der Waals surface area (Å²) in [6, 6.07) is 0. The van der Waals surface area contributed by atoms with Gasteiger partial charge < -0.3 is 9.47 Å². The average Bonchev–Trinajstić information content (AvgIpc) is 3.01. The molecule has 0 radical (unpaired) electrons. The molecule has 0 atom stereocenters. The van der Waals surface area contributed by atoms with E-state index in [1.807, 2.05) is 0 Å². The van der Waals surface area contributed by atoms with Gasteiger partial charge in [0.15, 0.2) is 0 Å². The number of carbonyl (C=O) groups excluding carboxylic acids is 3. The molecule has 0 spiro atoms. The van der Waals surface area contributed by atoms with Gasteiger partial charge >= 0.3 is 11.9 Å². The van der Waals surface area contributed by atoms with Crippen LogP contribution in [0.25, 0.3) is 0 Å². The number of hydrogen-bond donors (Lipinski definition) is 0. The summed E-state index contributed by atoms with van der Waals surface area (Å²) in [4.78, 5) is 34.5. The van der Waals surface area contributed by atoms with Gasteiger partial charge in [-0.05, 0) is 51.4 Å². The van der Waals surface area contributed by atoms with Crippen molar-refractivity contribution in [3.8, 4) is 0 Å². The molecule has 0 aliphatic heterocycles. The lowest BCUT2D eigenvalue weighted by atomic mass is 10.2. The van der Waals surface area contributed by atoms with Crippen LogP contribution in [0.1, 0.15) is 57.8 Å².